The highest BCUT2D eigenvalue weighted by Gasteiger charge is 2.14. The maximum Gasteiger partial charge on any atom is 0.330 e. The molecule has 1 aromatic carbocycles. The van der Waals surface area contributed by atoms with Crippen LogP contribution in [0.25, 0.3) is 6.08 Å². The molecule has 0 unspecified atom stereocenters. The molecule has 0 saturated carbocycles. The molecule has 2 rings (SSSR count). The molecule has 2 amide bonds. The fraction of sp³-hybridized carbons (Fsp3) is 0.300. The van der Waals surface area contributed by atoms with Crippen molar-refractivity contribution in [1.29, 1.82) is 0 Å². The van der Waals surface area contributed by atoms with Crippen molar-refractivity contribution < 1.29 is 14.3 Å². The van der Waals surface area contributed by atoms with Crippen molar-refractivity contribution in [2.24, 2.45) is 14.1 Å². The summed E-state index contributed by atoms with van der Waals surface area (Å²) < 4.78 is 7.28. The molecule has 9 nitrogen and oxygen atoms in total. The second kappa shape index (κ2) is 9.54. The average Bonchev–Trinajstić information content (AvgIpc) is 2.72. The van der Waals surface area contributed by atoms with Gasteiger partial charge in [0.2, 0.25) is 11.8 Å². The summed E-state index contributed by atoms with van der Waals surface area (Å²) in [6.45, 7) is 1.92. The van der Waals surface area contributed by atoms with E-state index < -0.39 is 17.2 Å². The van der Waals surface area contributed by atoms with Crippen molar-refractivity contribution in [3.05, 3.63) is 62.9 Å². The summed E-state index contributed by atoms with van der Waals surface area (Å²) in [6.07, 6.45) is 3.92. The van der Waals surface area contributed by atoms with E-state index in [0.717, 1.165) is 4.57 Å². The van der Waals surface area contributed by atoms with Gasteiger partial charge in [-0.1, -0.05) is 0 Å². The zero-order valence-corrected chi connectivity index (χ0v) is 16.8. The minimum Gasteiger partial charge on any atom is -0.497 e. The van der Waals surface area contributed by atoms with Gasteiger partial charge in [0, 0.05) is 38.6 Å². The molecule has 1 heterocycles. The van der Waals surface area contributed by atoms with E-state index in [1.807, 2.05) is 0 Å². The van der Waals surface area contributed by atoms with Crippen LogP contribution in [0.3, 0.4) is 0 Å². The first-order valence-electron chi connectivity index (χ1n) is 8.94. The Morgan fingerprint density at radius 1 is 1.17 bits per heavy atom. The summed E-state index contributed by atoms with van der Waals surface area (Å²) in [5.41, 5.74) is -0.174. The predicted octanol–water partition coefficient (Wildman–Crippen LogP) is 0.593. The largest absolute Gasteiger partial charge is 0.497 e. The third-order valence-electron chi connectivity index (χ3n) is 4.28. The molecule has 0 aliphatic heterocycles. The number of nitrogens with one attached hydrogen (secondary N) is 1. The van der Waals surface area contributed by atoms with Gasteiger partial charge in [-0.3, -0.25) is 19.0 Å². The summed E-state index contributed by atoms with van der Waals surface area (Å²) in [4.78, 5) is 49.8. The Hall–Kier alpha value is -3.62. The zero-order chi connectivity index (χ0) is 21.6. The second-order valence-electron chi connectivity index (χ2n) is 6.30. The Balaban J connectivity index is 2.06. The standard InChI is InChI=1S/C20H24N4O5/c1-5-24(13-17(25)21-15-7-9-16(29-4)10-8-15)18(26)11-6-14-12-22(2)20(28)23(3)19(14)27/h6-12H,5,13H2,1-4H3,(H,21,25)/b11-6+. The first-order chi connectivity index (χ1) is 13.8. The van der Waals surface area contributed by atoms with Crippen molar-refractivity contribution in [3.8, 4) is 5.75 Å². The molecule has 0 aliphatic rings. The number of amides is 2. The Morgan fingerprint density at radius 2 is 1.83 bits per heavy atom. The molecule has 0 fully saturated rings. The number of carbonyl (C=O) groups is 2. The fourth-order valence-electron chi connectivity index (χ4n) is 2.61. The van der Waals surface area contributed by atoms with Crippen LogP contribution in [-0.2, 0) is 23.7 Å². The van der Waals surface area contributed by atoms with Crippen molar-refractivity contribution in [3.63, 3.8) is 0 Å². The lowest BCUT2D eigenvalue weighted by Crippen LogP contribution is -2.38. The van der Waals surface area contributed by atoms with E-state index in [9.17, 15) is 19.2 Å². The van der Waals surface area contributed by atoms with Gasteiger partial charge in [-0.05, 0) is 37.3 Å². The molecule has 0 saturated heterocycles. The van der Waals surface area contributed by atoms with Crippen molar-refractivity contribution in [1.82, 2.24) is 14.0 Å². The summed E-state index contributed by atoms with van der Waals surface area (Å²) in [6, 6.07) is 6.83. The Labute approximate surface area is 167 Å². The number of methoxy groups -OCH3 is 1. The number of anilines is 1. The normalized spacial score (nSPS) is 10.8. The van der Waals surface area contributed by atoms with Crippen LogP contribution in [0.1, 0.15) is 12.5 Å². The molecule has 0 radical (unpaired) electrons. The molecule has 1 N–H and O–H groups in total. The van der Waals surface area contributed by atoms with Crippen LogP contribution in [0, 0.1) is 0 Å². The lowest BCUT2D eigenvalue weighted by atomic mass is 10.2. The van der Waals surface area contributed by atoms with E-state index in [4.69, 9.17) is 4.74 Å². The number of likely N-dealkylation sites (N-methyl/N-ethyl adjacent to an activating group) is 1. The molecule has 1 aromatic heterocycles. The van der Waals surface area contributed by atoms with E-state index in [1.54, 1.807) is 38.3 Å². The van der Waals surface area contributed by atoms with Gasteiger partial charge < -0.3 is 19.5 Å². The lowest BCUT2D eigenvalue weighted by molar-refractivity contribution is -0.130. The van der Waals surface area contributed by atoms with E-state index in [1.165, 1.54) is 41.9 Å². The minimum atomic E-state index is -0.502. The van der Waals surface area contributed by atoms with E-state index in [-0.39, 0.29) is 18.0 Å². The summed E-state index contributed by atoms with van der Waals surface area (Å²) in [5.74, 6) is -0.104. The number of hydrogen-bond acceptors (Lipinski definition) is 5. The quantitative estimate of drug-likeness (QED) is 0.686. The van der Waals surface area contributed by atoms with Gasteiger partial charge in [0.05, 0.1) is 12.7 Å². The zero-order valence-electron chi connectivity index (χ0n) is 16.8. The molecule has 2 aromatic rings. The van der Waals surface area contributed by atoms with Gasteiger partial charge in [-0.25, -0.2) is 4.79 Å². The summed E-state index contributed by atoms with van der Waals surface area (Å²) >= 11 is 0. The van der Waals surface area contributed by atoms with Gasteiger partial charge in [0.1, 0.15) is 12.3 Å². The summed E-state index contributed by atoms with van der Waals surface area (Å²) in [7, 11) is 4.44. The first kappa shape index (κ1) is 21.7. The topological polar surface area (TPSA) is 103 Å². The van der Waals surface area contributed by atoms with Crippen LogP contribution in [0.15, 0.2) is 46.1 Å². The third kappa shape index (κ3) is 5.44. The number of carbonyl (C=O) groups excluding carboxylic acids is 2. The number of aryl methyl sites for hydroxylation is 1. The van der Waals surface area contributed by atoms with Crippen LogP contribution in [0.5, 0.6) is 5.75 Å². The van der Waals surface area contributed by atoms with E-state index >= 15 is 0 Å². The van der Waals surface area contributed by atoms with Gasteiger partial charge in [0.15, 0.2) is 0 Å². The Bertz CT molecular complexity index is 1030. The number of benzene rings is 1. The highest BCUT2D eigenvalue weighted by Crippen LogP contribution is 2.14. The van der Waals surface area contributed by atoms with Gasteiger partial charge in [-0.15, -0.1) is 0 Å². The van der Waals surface area contributed by atoms with Crippen LogP contribution in [0.4, 0.5) is 5.69 Å². The number of nitrogens with zero attached hydrogens (tertiary/aromatic N) is 3. The maximum absolute atomic E-state index is 12.4. The fourth-order valence-corrected chi connectivity index (χ4v) is 2.61. The molecule has 154 valence electrons. The predicted molar refractivity (Wildman–Crippen MR) is 110 cm³/mol. The van der Waals surface area contributed by atoms with Crippen molar-refractivity contribution >= 4 is 23.6 Å². The average molecular weight is 400 g/mol. The molecule has 0 spiro atoms. The van der Waals surface area contributed by atoms with Gasteiger partial charge in [0.25, 0.3) is 5.56 Å². The molecule has 0 atom stereocenters. The Morgan fingerprint density at radius 3 is 2.41 bits per heavy atom. The van der Waals surface area contributed by atoms with E-state index in [2.05, 4.69) is 5.32 Å². The van der Waals surface area contributed by atoms with Crippen molar-refractivity contribution in [2.45, 2.75) is 6.92 Å². The molecule has 0 bridgehead atoms. The minimum absolute atomic E-state index is 0.142. The van der Waals surface area contributed by atoms with Crippen LogP contribution >= 0.6 is 0 Å². The number of hydrogen-bond donors (Lipinski definition) is 1. The van der Waals surface area contributed by atoms with Gasteiger partial charge in [-0.2, -0.15) is 0 Å². The lowest BCUT2D eigenvalue weighted by Gasteiger charge is -2.18. The Kier molecular flexibility index (Phi) is 7.13. The van der Waals surface area contributed by atoms with Crippen LogP contribution < -0.4 is 21.3 Å². The maximum atomic E-state index is 12.4. The molecular formula is C20H24N4O5. The van der Waals surface area contributed by atoms with Crippen LogP contribution in [-0.4, -0.2) is 46.0 Å². The van der Waals surface area contributed by atoms with E-state index in [0.29, 0.717) is 18.0 Å². The monoisotopic (exact) mass is 400 g/mol. The number of ether oxygens (including phenoxy) is 1. The first-order valence-corrected chi connectivity index (χ1v) is 8.94. The highest BCUT2D eigenvalue weighted by atomic mass is 16.5. The molecular weight excluding hydrogens is 376 g/mol. The molecule has 9 heteroatoms. The molecule has 29 heavy (non-hydrogen) atoms. The van der Waals surface area contributed by atoms with Crippen LogP contribution in [0.2, 0.25) is 0 Å². The smallest absolute Gasteiger partial charge is 0.330 e. The number of rotatable bonds is 7. The highest BCUT2D eigenvalue weighted by molar-refractivity contribution is 5.98. The number of aromatic nitrogens is 2. The third-order valence-corrected chi connectivity index (χ3v) is 4.28. The van der Waals surface area contributed by atoms with Crippen molar-refractivity contribution in [2.75, 3.05) is 25.5 Å². The molecule has 0 aliphatic carbocycles. The SMILES string of the molecule is CCN(CC(=O)Nc1ccc(OC)cc1)C(=O)/C=C/c1cn(C)c(=O)n(C)c1=O. The second-order valence-corrected chi connectivity index (χ2v) is 6.30. The van der Waals surface area contributed by atoms with Gasteiger partial charge >= 0.3 is 5.69 Å². The summed E-state index contributed by atoms with van der Waals surface area (Å²) in [5, 5.41) is 2.71.